The zero-order chi connectivity index (χ0) is 13.8. The molecule has 2 aromatic rings. The molecule has 0 spiro atoms. The number of rotatable bonds is 4. The van der Waals surface area contributed by atoms with Crippen molar-refractivity contribution in [1.82, 2.24) is 9.97 Å². The Morgan fingerprint density at radius 3 is 2.89 bits per heavy atom. The van der Waals surface area contributed by atoms with Gasteiger partial charge in [0.05, 0.1) is 23.7 Å². The normalized spacial score (nSPS) is 10.5. The third-order valence-corrected chi connectivity index (χ3v) is 4.35. The highest BCUT2D eigenvalue weighted by atomic mass is 79.9. The van der Waals surface area contributed by atoms with Crippen LogP contribution in [0.4, 0.5) is 5.82 Å². The van der Waals surface area contributed by atoms with Gasteiger partial charge in [-0.2, -0.15) is 0 Å². The Balaban J connectivity index is 1.98. The van der Waals surface area contributed by atoms with Crippen molar-refractivity contribution in [1.29, 1.82) is 0 Å². The van der Waals surface area contributed by atoms with Crippen LogP contribution in [-0.4, -0.2) is 15.9 Å². The van der Waals surface area contributed by atoms with E-state index in [1.54, 1.807) is 6.07 Å². The molecule has 0 fully saturated rings. The van der Waals surface area contributed by atoms with Crippen molar-refractivity contribution in [3.63, 3.8) is 0 Å². The number of anilines is 1. The maximum atomic E-state index is 11.8. The molecule has 4 nitrogen and oxygen atoms in total. The molecule has 0 radical (unpaired) electrons. The fourth-order valence-electron chi connectivity index (χ4n) is 1.43. The summed E-state index contributed by atoms with van der Waals surface area (Å²) in [6.45, 7) is 1.87. The van der Waals surface area contributed by atoms with Gasteiger partial charge in [-0.15, -0.1) is 22.9 Å². The molecule has 1 N–H and O–H groups in total. The van der Waals surface area contributed by atoms with E-state index in [-0.39, 0.29) is 12.3 Å². The van der Waals surface area contributed by atoms with Crippen LogP contribution in [0.5, 0.6) is 0 Å². The average molecular weight is 361 g/mol. The van der Waals surface area contributed by atoms with Crippen molar-refractivity contribution < 1.29 is 4.79 Å². The standard InChI is InChI=1S/C12H11BrClN3OS/c1-7-9(13)2-3-10(15-7)17-11(18)4-12-16-8(5-14)6-19-12/h2-3,6H,4-5H2,1H3,(H,15,17,18). The maximum Gasteiger partial charge on any atom is 0.232 e. The summed E-state index contributed by atoms with van der Waals surface area (Å²) in [5, 5.41) is 5.36. The quantitative estimate of drug-likeness (QED) is 0.849. The van der Waals surface area contributed by atoms with Crippen LogP contribution >= 0.6 is 38.9 Å². The molecule has 2 rings (SSSR count). The number of halogens is 2. The lowest BCUT2D eigenvalue weighted by atomic mass is 10.3. The first-order valence-corrected chi connectivity index (χ1v) is 7.71. The Morgan fingerprint density at radius 2 is 2.26 bits per heavy atom. The monoisotopic (exact) mass is 359 g/mol. The number of pyridine rings is 1. The van der Waals surface area contributed by atoms with Gasteiger partial charge in [0.2, 0.25) is 5.91 Å². The number of nitrogens with one attached hydrogen (secondary N) is 1. The van der Waals surface area contributed by atoms with E-state index in [1.165, 1.54) is 11.3 Å². The molecule has 2 aromatic heterocycles. The Bertz CT molecular complexity index is 602. The highest BCUT2D eigenvalue weighted by molar-refractivity contribution is 9.10. The highest BCUT2D eigenvalue weighted by Crippen LogP contribution is 2.17. The number of thiazole rings is 1. The third kappa shape index (κ3) is 3.99. The first kappa shape index (κ1) is 14.4. The summed E-state index contributed by atoms with van der Waals surface area (Å²) < 4.78 is 0.914. The largest absolute Gasteiger partial charge is 0.310 e. The van der Waals surface area contributed by atoms with Crippen LogP contribution < -0.4 is 5.32 Å². The van der Waals surface area contributed by atoms with Crippen molar-refractivity contribution in [2.24, 2.45) is 0 Å². The Labute approximate surface area is 128 Å². The average Bonchev–Trinajstić information content (AvgIpc) is 2.81. The highest BCUT2D eigenvalue weighted by Gasteiger charge is 2.09. The Hall–Kier alpha value is -0.980. The molecule has 0 aliphatic rings. The molecule has 0 aliphatic heterocycles. The molecule has 100 valence electrons. The number of carbonyl (C=O) groups is 1. The number of hydrogen-bond donors (Lipinski definition) is 1. The van der Waals surface area contributed by atoms with Gasteiger partial charge in [0.15, 0.2) is 0 Å². The van der Waals surface area contributed by atoms with Crippen molar-refractivity contribution in [3.8, 4) is 0 Å². The number of alkyl halides is 1. The zero-order valence-corrected chi connectivity index (χ0v) is 13.3. The van der Waals surface area contributed by atoms with Crippen molar-refractivity contribution in [2.45, 2.75) is 19.2 Å². The van der Waals surface area contributed by atoms with E-state index >= 15 is 0 Å². The second-order valence-electron chi connectivity index (χ2n) is 3.85. The van der Waals surface area contributed by atoms with Crippen LogP contribution in [-0.2, 0) is 17.1 Å². The van der Waals surface area contributed by atoms with E-state index in [9.17, 15) is 4.79 Å². The molecule has 0 saturated heterocycles. The minimum Gasteiger partial charge on any atom is -0.310 e. The lowest BCUT2D eigenvalue weighted by molar-refractivity contribution is -0.115. The van der Waals surface area contributed by atoms with Crippen LogP contribution in [0, 0.1) is 6.92 Å². The van der Waals surface area contributed by atoms with Crippen molar-refractivity contribution in [3.05, 3.63) is 38.4 Å². The SMILES string of the molecule is Cc1nc(NC(=O)Cc2nc(CCl)cs2)ccc1Br. The van der Waals surface area contributed by atoms with E-state index < -0.39 is 0 Å². The molecular formula is C12H11BrClN3OS. The van der Waals surface area contributed by atoms with Crippen molar-refractivity contribution in [2.75, 3.05) is 5.32 Å². The fourth-order valence-corrected chi connectivity index (χ4v) is 2.67. The molecule has 0 aromatic carbocycles. The lowest BCUT2D eigenvalue weighted by Gasteiger charge is -2.05. The zero-order valence-electron chi connectivity index (χ0n) is 10.1. The topological polar surface area (TPSA) is 54.9 Å². The molecule has 7 heteroatoms. The van der Waals surface area contributed by atoms with Crippen LogP contribution in [0.3, 0.4) is 0 Å². The van der Waals surface area contributed by atoms with Gasteiger partial charge in [0.25, 0.3) is 0 Å². The number of amides is 1. The van der Waals surface area contributed by atoms with Crippen molar-refractivity contribution >= 4 is 50.6 Å². The van der Waals surface area contributed by atoms with Crippen LogP contribution in [0.15, 0.2) is 22.0 Å². The summed E-state index contributed by atoms with van der Waals surface area (Å²) in [7, 11) is 0. The second-order valence-corrected chi connectivity index (χ2v) is 5.92. The number of nitrogens with zero attached hydrogens (tertiary/aromatic N) is 2. The number of carbonyl (C=O) groups excluding carboxylic acids is 1. The summed E-state index contributed by atoms with van der Waals surface area (Å²) in [5.74, 6) is 0.774. The fraction of sp³-hybridized carbons (Fsp3) is 0.250. The van der Waals surface area contributed by atoms with Gasteiger partial charge in [-0.25, -0.2) is 9.97 Å². The van der Waals surface area contributed by atoms with Gasteiger partial charge in [-0.3, -0.25) is 4.79 Å². The Morgan fingerprint density at radius 1 is 1.47 bits per heavy atom. The van der Waals surface area contributed by atoms with Gasteiger partial charge in [0, 0.05) is 9.85 Å². The van der Waals surface area contributed by atoms with Crippen LogP contribution in [0.2, 0.25) is 0 Å². The third-order valence-electron chi connectivity index (χ3n) is 2.34. The molecule has 1 amide bonds. The summed E-state index contributed by atoms with van der Waals surface area (Å²) in [5.41, 5.74) is 1.63. The molecule has 0 aliphatic carbocycles. The van der Waals surface area contributed by atoms with Gasteiger partial charge in [-0.1, -0.05) is 0 Å². The van der Waals surface area contributed by atoms with Gasteiger partial charge in [-0.05, 0) is 35.0 Å². The van der Waals surface area contributed by atoms with E-state index in [0.717, 1.165) is 20.9 Å². The predicted molar refractivity (Wildman–Crippen MR) is 80.7 cm³/mol. The lowest BCUT2D eigenvalue weighted by Crippen LogP contribution is -2.15. The summed E-state index contributed by atoms with van der Waals surface area (Å²) in [4.78, 5) is 20.3. The number of aryl methyl sites for hydroxylation is 1. The van der Waals surface area contributed by atoms with Gasteiger partial charge in [0.1, 0.15) is 10.8 Å². The first-order valence-electron chi connectivity index (χ1n) is 5.50. The molecule has 0 bridgehead atoms. The van der Waals surface area contributed by atoms with E-state index in [0.29, 0.717) is 11.7 Å². The predicted octanol–water partition coefficient (Wildman–Crippen LogP) is 3.53. The molecule has 0 atom stereocenters. The molecular weight excluding hydrogens is 350 g/mol. The van der Waals surface area contributed by atoms with E-state index in [2.05, 4.69) is 31.2 Å². The van der Waals surface area contributed by atoms with Gasteiger partial charge < -0.3 is 5.32 Å². The van der Waals surface area contributed by atoms with E-state index in [4.69, 9.17) is 11.6 Å². The molecule has 0 saturated carbocycles. The van der Waals surface area contributed by atoms with Crippen LogP contribution in [0.1, 0.15) is 16.4 Å². The minimum atomic E-state index is -0.135. The minimum absolute atomic E-state index is 0.135. The van der Waals surface area contributed by atoms with Gasteiger partial charge >= 0.3 is 0 Å². The summed E-state index contributed by atoms with van der Waals surface area (Å²) >= 11 is 10.5. The number of hydrogen-bond acceptors (Lipinski definition) is 4. The molecule has 19 heavy (non-hydrogen) atoms. The maximum absolute atomic E-state index is 11.8. The smallest absolute Gasteiger partial charge is 0.232 e. The van der Waals surface area contributed by atoms with Crippen LogP contribution in [0.25, 0.3) is 0 Å². The first-order chi connectivity index (χ1) is 9.08. The summed E-state index contributed by atoms with van der Waals surface area (Å²) in [6.07, 6.45) is 0.234. The van der Waals surface area contributed by atoms with E-state index in [1.807, 2.05) is 18.4 Å². The molecule has 2 heterocycles. The molecule has 0 unspecified atom stereocenters. The number of aromatic nitrogens is 2. The Kier molecular flexibility index (Phi) is 4.90. The summed E-state index contributed by atoms with van der Waals surface area (Å²) in [6, 6.07) is 3.61. The second kappa shape index (κ2) is 6.45.